The molecule has 21 heavy (non-hydrogen) atoms. The molecule has 0 aromatic carbocycles. The number of aromatic nitrogens is 2. The van der Waals surface area contributed by atoms with Crippen molar-refractivity contribution in [3.8, 4) is 0 Å². The molecule has 0 spiro atoms. The van der Waals surface area contributed by atoms with Crippen molar-refractivity contribution in [2.45, 2.75) is 38.8 Å². The van der Waals surface area contributed by atoms with Crippen molar-refractivity contribution >= 4 is 27.7 Å². The molecule has 1 radical (unpaired) electrons. The molecule has 6 heteroatoms. The van der Waals surface area contributed by atoms with Crippen molar-refractivity contribution < 1.29 is 5.11 Å². The van der Waals surface area contributed by atoms with Gasteiger partial charge in [0.25, 0.3) is 0 Å². The molecular formula is C15H20BrN4O. The van der Waals surface area contributed by atoms with E-state index in [1.54, 1.807) is 20.0 Å². The van der Waals surface area contributed by atoms with Gasteiger partial charge in [0.2, 0.25) is 5.95 Å². The summed E-state index contributed by atoms with van der Waals surface area (Å²) in [7, 11) is 0. The van der Waals surface area contributed by atoms with Crippen LogP contribution in [-0.2, 0) is 0 Å². The second-order valence-corrected chi connectivity index (χ2v) is 6.38. The van der Waals surface area contributed by atoms with E-state index in [1.165, 1.54) is 0 Å². The van der Waals surface area contributed by atoms with Crippen LogP contribution in [0.3, 0.4) is 0 Å². The third-order valence-corrected chi connectivity index (χ3v) is 3.88. The van der Waals surface area contributed by atoms with E-state index in [0.29, 0.717) is 11.8 Å². The Hall–Kier alpha value is -1.40. The van der Waals surface area contributed by atoms with Crippen molar-refractivity contribution in [3.05, 3.63) is 41.0 Å². The summed E-state index contributed by atoms with van der Waals surface area (Å²) in [6, 6.07) is -0.153. The maximum absolute atomic E-state index is 10.0. The number of allylic oxidation sites excluding steroid dienone is 3. The summed E-state index contributed by atoms with van der Waals surface area (Å²) in [5.74, 6) is 1.16. The van der Waals surface area contributed by atoms with E-state index in [9.17, 15) is 5.11 Å². The fraction of sp³-hybridized carbons (Fsp3) is 0.400. The lowest BCUT2D eigenvalue weighted by Crippen LogP contribution is -2.39. The van der Waals surface area contributed by atoms with Gasteiger partial charge in [-0.3, -0.25) is 0 Å². The SMILES string of the molecule is C[C@@H](Nc1nc(NC2=CC[CH]C=C2)ncc1Br)C(C)(C)O. The predicted octanol–water partition coefficient (Wildman–Crippen LogP) is 3.27. The van der Waals surface area contributed by atoms with Crippen LogP contribution in [0, 0.1) is 6.42 Å². The average molecular weight is 352 g/mol. The lowest BCUT2D eigenvalue weighted by atomic mass is 10.0. The van der Waals surface area contributed by atoms with Crippen molar-refractivity contribution in [2.75, 3.05) is 10.6 Å². The zero-order chi connectivity index (χ0) is 15.5. The quantitative estimate of drug-likeness (QED) is 0.759. The van der Waals surface area contributed by atoms with E-state index < -0.39 is 5.60 Å². The molecule has 0 fully saturated rings. The lowest BCUT2D eigenvalue weighted by molar-refractivity contribution is 0.0647. The number of rotatable bonds is 5. The largest absolute Gasteiger partial charge is 0.388 e. The fourth-order valence-electron chi connectivity index (χ4n) is 1.65. The number of nitrogens with one attached hydrogen (secondary N) is 2. The van der Waals surface area contributed by atoms with Crippen LogP contribution in [0.1, 0.15) is 27.2 Å². The Morgan fingerprint density at radius 3 is 2.81 bits per heavy atom. The number of hydrogen-bond donors (Lipinski definition) is 3. The van der Waals surface area contributed by atoms with Crippen LogP contribution in [0.25, 0.3) is 0 Å². The Kier molecular flexibility index (Phi) is 5.00. The first kappa shape index (κ1) is 16.0. The van der Waals surface area contributed by atoms with Crippen LogP contribution in [0.15, 0.2) is 34.6 Å². The second kappa shape index (κ2) is 6.58. The van der Waals surface area contributed by atoms with Crippen LogP contribution in [0.5, 0.6) is 0 Å². The molecule has 0 aliphatic heterocycles. The molecule has 1 atom stereocenters. The number of aliphatic hydroxyl groups is 1. The molecule has 5 nitrogen and oxygen atoms in total. The number of nitrogens with zero attached hydrogens (tertiary/aromatic N) is 2. The van der Waals surface area contributed by atoms with Crippen LogP contribution >= 0.6 is 15.9 Å². The molecule has 3 N–H and O–H groups in total. The summed E-state index contributed by atoms with van der Waals surface area (Å²) in [5.41, 5.74) is 0.129. The van der Waals surface area contributed by atoms with Gasteiger partial charge in [0.1, 0.15) is 5.82 Å². The molecule has 1 aromatic rings. The Morgan fingerprint density at radius 1 is 1.43 bits per heavy atom. The van der Waals surface area contributed by atoms with Crippen LogP contribution in [0.2, 0.25) is 0 Å². The zero-order valence-electron chi connectivity index (χ0n) is 12.4. The second-order valence-electron chi connectivity index (χ2n) is 5.52. The maximum Gasteiger partial charge on any atom is 0.229 e. The predicted molar refractivity (Wildman–Crippen MR) is 88.9 cm³/mol. The molecule has 0 amide bonds. The summed E-state index contributed by atoms with van der Waals surface area (Å²) in [6.45, 7) is 5.42. The molecule has 0 saturated carbocycles. The molecule has 2 rings (SSSR count). The minimum atomic E-state index is -0.845. The Balaban J connectivity index is 2.13. The van der Waals surface area contributed by atoms with Gasteiger partial charge in [0, 0.05) is 11.9 Å². The molecule has 113 valence electrons. The van der Waals surface area contributed by atoms with E-state index in [1.807, 2.05) is 19.1 Å². The molecule has 0 unspecified atom stereocenters. The molecule has 0 bridgehead atoms. The van der Waals surface area contributed by atoms with Crippen LogP contribution in [-0.4, -0.2) is 26.7 Å². The number of halogens is 1. The highest BCUT2D eigenvalue weighted by atomic mass is 79.9. The summed E-state index contributed by atoms with van der Waals surface area (Å²) in [4.78, 5) is 8.69. The van der Waals surface area contributed by atoms with Gasteiger partial charge < -0.3 is 15.7 Å². The standard InChI is InChI=1S/C15H20BrN4O/c1-10(15(2,3)21)18-13-12(16)9-17-14(20-13)19-11-7-5-4-6-8-11/h4-5,7-10,21H,6H2,1-3H3,(H2,17,18,19,20)/t10-/m1/s1. The monoisotopic (exact) mass is 351 g/mol. The van der Waals surface area contributed by atoms with Crippen LogP contribution < -0.4 is 10.6 Å². The molecule has 0 saturated heterocycles. The van der Waals surface area contributed by atoms with Crippen molar-refractivity contribution in [1.82, 2.24) is 9.97 Å². The van der Waals surface area contributed by atoms with Gasteiger partial charge in [0.15, 0.2) is 0 Å². The van der Waals surface area contributed by atoms with Gasteiger partial charge >= 0.3 is 0 Å². The highest BCUT2D eigenvalue weighted by Crippen LogP contribution is 2.24. The smallest absolute Gasteiger partial charge is 0.229 e. The van der Waals surface area contributed by atoms with Gasteiger partial charge in [-0.15, -0.1) is 0 Å². The Bertz CT molecular complexity index is 563. The van der Waals surface area contributed by atoms with Crippen LogP contribution in [0.4, 0.5) is 11.8 Å². The summed E-state index contributed by atoms with van der Waals surface area (Å²) in [5, 5.41) is 16.4. The Labute approximate surface area is 133 Å². The first-order valence-electron chi connectivity index (χ1n) is 6.85. The van der Waals surface area contributed by atoms with E-state index in [-0.39, 0.29) is 6.04 Å². The van der Waals surface area contributed by atoms with Gasteiger partial charge in [-0.25, -0.2) is 4.98 Å². The van der Waals surface area contributed by atoms with Gasteiger partial charge in [-0.2, -0.15) is 4.98 Å². The molecule has 1 aromatic heterocycles. The van der Waals surface area contributed by atoms with Crippen molar-refractivity contribution in [2.24, 2.45) is 0 Å². The minimum Gasteiger partial charge on any atom is -0.388 e. The van der Waals surface area contributed by atoms with E-state index in [0.717, 1.165) is 16.6 Å². The van der Waals surface area contributed by atoms with E-state index in [4.69, 9.17) is 0 Å². The molecule has 1 aliphatic carbocycles. The highest BCUT2D eigenvalue weighted by molar-refractivity contribution is 9.10. The highest BCUT2D eigenvalue weighted by Gasteiger charge is 2.23. The summed E-state index contributed by atoms with van der Waals surface area (Å²) in [6.07, 6.45) is 10.7. The van der Waals surface area contributed by atoms with E-state index >= 15 is 0 Å². The zero-order valence-corrected chi connectivity index (χ0v) is 14.0. The third-order valence-electron chi connectivity index (χ3n) is 3.30. The average Bonchev–Trinajstić information content (AvgIpc) is 2.42. The third kappa shape index (κ3) is 4.54. The molecule has 1 aliphatic rings. The van der Waals surface area contributed by atoms with E-state index in [2.05, 4.69) is 49.0 Å². The minimum absolute atomic E-state index is 0.153. The van der Waals surface area contributed by atoms with Crippen molar-refractivity contribution in [1.29, 1.82) is 0 Å². The number of hydrogen-bond acceptors (Lipinski definition) is 5. The van der Waals surface area contributed by atoms with Gasteiger partial charge in [0.05, 0.1) is 16.1 Å². The first-order valence-corrected chi connectivity index (χ1v) is 7.64. The van der Waals surface area contributed by atoms with Gasteiger partial charge in [-0.05, 0) is 55.6 Å². The normalized spacial score (nSPS) is 16.3. The molecule has 1 heterocycles. The fourth-order valence-corrected chi connectivity index (χ4v) is 1.95. The molecular weight excluding hydrogens is 332 g/mol. The first-order chi connectivity index (χ1) is 9.86. The number of anilines is 2. The summed E-state index contributed by atoms with van der Waals surface area (Å²) < 4.78 is 0.755. The Morgan fingerprint density at radius 2 is 2.19 bits per heavy atom. The lowest BCUT2D eigenvalue weighted by Gasteiger charge is -2.27. The maximum atomic E-state index is 10.0. The van der Waals surface area contributed by atoms with Crippen molar-refractivity contribution in [3.63, 3.8) is 0 Å². The van der Waals surface area contributed by atoms with Gasteiger partial charge in [-0.1, -0.05) is 12.2 Å². The topological polar surface area (TPSA) is 70.1 Å². The summed E-state index contributed by atoms with van der Waals surface area (Å²) >= 11 is 3.42.